The third-order valence-corrected chi connectivity index (χ3v) is 3.47. The third-order valence-electron chi connectivity index (χ3n) is 2.94. The largest absolute Gasteiger partial charge is 0.493 e. The SMILES string of the molecule is CNCc1cccc(OC)c1OCc1ccc(Br)cc1. The van der Waals surface area contributed by atoms with Crippen molar-refractivity contribution < 1.29 is 9.47 Å². The molecule has 0 saturated carbocycles. The van der Waals surface area contributed by atoms with Gasteiger partial charge in [0.2, 0.25) is 0 Å². The van der Waals surface area contributed by atoms with Crippen LogP contribution in [0.25, 0.3) is 0 Å². The van der Waals surface area contributed by atoms with Crippen LogP contribution in [-0.2, 0) is 13.2 Å². The van der Waals surface area contributed by atoms with Crippen molar-refractivity contribution in [3.05, 3.63) is 58.1 Å². The van der Waals surface area contributed by atoms with Crippen molar-refractivity contribution in [2.24, 2.45) is 0 Å². The summed E-state index contributed by atoms with van der Waals surface area (Å²) in [5, 5.41) is 3.14. The molecule has 0 amide bonds. The molecule has 0 unspecified atom stereocenters. The highest BCUT2D eigenvalue weighted by molar-refractivity contribution is 9.10. The van der Waals surface area contributed by atoms with Crippen molar-refractivity contribution in [2.45, 2.75) is 13.2 Å². The number of nitrogens with one attached hydrogen (secondary N) is 1. The summed E-state index contributed by atoms with van der Waals surface area (Å²) in [5.41, 5.74) is 2.21. The van der Waals surface area contributed by atoms with Gasteiger partial charge in [0.05, 0.1) is 7.11 Å². The van der Waals surface area contributed by atoms with Gasteiger partial charge in [0.25, 0.3) is 0 Å². The minimum absolute atomic E-state index is 0.518. The first-order valence-corrected chi connectivity index (χ1v) is 7.21. The molecule has 2 aromatic carbocycles. The smallest absolute Gasteiger partial charge is 0.166 e. The minimum atomic E-state index is 0.518. The molecule has 106 valence electrons. The Morgan fingerprint density at radius 1 is 1.10 bits per heavy atom. The van der Waals surface area contributed by atoms with Gasteiger partial charge in [0, 0.05) is 16.6 Å². The highest BCUT2D eigenvalue weighted by atomic mass is 79.9. The summed E-state index contributed by atoms with van der Waals surface area (Å²) in [4.78, 5) is 0. The molecule has 0 saturated heterocycles. The number of hydrogen-bond donors (Lipinski definition) is 1. The van der Waals surface area contributed by atoms with E-state index in [2.05, 4.69) is 21.2 Å². The van der Waals surface area contributed by atoms with Crippen molar-refractivity contribution in [2.75, 3.05) is 14.2 Å². The molecule has 4 heteroatoms. The van der Waals surface area contributed by atoms with E-state index in [4.69, 9.17) is 9.47 Å². The van der Waals surface area contributed by atoms with E-state index in [0.29, 0.717) is 6.61 Å². The first-order valence-electron chi connectivity index (χ1n) is 6.42. The summed E-state index contributed by atoms with van der Waals surface area (Å²) in [5.74, 6) is 1.56. The Morgan fingerprint density at radius 3 is 2.50 bits per heavy atom. The fourth-order valence-electron chi connectivity index (χ4n) is 1.95. The molecule has 0 radical (unpaired) electrons. The van der Waals surface area contributed by atoms with Crippen molar-refractivity contribution >= 4 is 15.9 Å². The number of methoxy groups -OCH3 is 1. The average molecular weight is 336 g/mol. The molecule has 3 nitrogen and oxygen atoms in total. The Kier molecular flexibility index (Phi) is 5.44. The van der Waals surface area contributed by atoms with Crippen LogP contribution in [0.3, 0.4) is 0 Å². The van der Waals surface area contributed by atoms with Crippen LogP contribution in [0.4, 0.5) is 0 Å². The minimum Gasteiger partial charge on any atom is -0.493 e. The zero-order chi connectivity index (χ0) is 14.4. The molecule has 0 aliphatic carbocycles. The van der Waals surface area contributed by atoms with Crippen molar-refractivity contribution in [1.82, 2.24) is 5.32 Å². The Balaban J connectivity index is 2.16. The zero-order valence-electron chi connectivity index (χ0n) is 11.7. The maximum atomic E-state index is 5.96. The molecular formula is C16H18BrNO2. The van der Waals surface area contributed by atoms with Crippen LogP contribution in [-0.4, -0.2) is 14.2 Å². The first-order chi connectivity index (χ1) is 9.74. The summed E-state index contributed by atoms with van der Waals surface area (Å²) in [6.45, 7) is 1.26. The predicted molar refractivity (Wildman–Crippen MR) is 84.2 cm³/mol. The summed E-state index contributed by atoms with van der Waals surface area (Å²) in [6, 6.07) is 14.0. The van der Waals surface area contributed by atoms with Crippen molar-refractivity contribution in [1.29, 1.82) is 0 Å². The molecule has 0 bridgehead atoms. The van der Waals surface area contributed by atoms with E-state index < -0.39 is 0 Å². The monoisotopic (exact) mass is 335 g/mol. The number of para-hydroxylation sites is 1. The molecule has 0 aliphatic rings. The normalized spacial score (nSPS) is 10.3. The van der Waals surface area contributed by atoms with Crippen LogP contribution in [0.5, 0.6) is 11.5 Å². The fraction of sp³-hybridized carbons (Fsp3) is 0.250. The summed E-state index contributed by atoms with van der Waals surface area (Å²) >= 11 is 3.43. The maximum Gasteiger partial charge on any atom is 0.166 e. The number of hydrogen-bond acceptors (Lipinski definition) is 3. The molecule has 0 aromatic heterocycles. The lowest BCUT2D eigenvalue weighted by Crippen LogP contribution is -2.08. The van der Waals surface area contributed by atoms with Crippen LogP contribution in [0.15, 0.2) is 46.9 Å². The fourth-order valence-corrected chi connectivity index (χ4v) is 2.22. The van der Waals surface area contributed by atoms with Gasteiger partial charge < -0.3 is 14.8 Å². The van der Waals surface area contributed by atoms with Gasteiger partial charge in [-0.15, -0.1) is 0 Å². The van der Waals surface area contributed by atoms with E-state index in [9.17, 15) is 0 Å². The van der Waals surface area contributed by atoms with Crippen molar-refractivity contribution in [3.63, 3.8) is 0 Å². The average Bonchev–Trinajstić information content (AvgIpc) is 2.47. The topological polar surface area (TPSA) is 30.5 Å². The van der Waals surface area contributed by atoms with E-state index in [1.807, 2.05) is 49.5 Å². The summed E-state index contributed by atoms with van der Waals surface area (Å²) in [6.07, 6.45) is 0. The van der Waals surface area contributed by atoms with Gasteiger partial charge in [-0.1, -0.05) is 40.2 Å². The van der Waals surface area contributed by atoms with Crippen LogP contribution in [0.2, 0.25) is 0 Å². The molecule has 2 aromatic rings. The third kappa shape index (κ3) is 3.74. The number of halogens is 1. The first kappa shape index (κ1) is 14.9. The van der Waals surface area contributed by atoms with Gasteiger partial charge in [0.15, 0.2) is 11.5 Å². The van der Waals surface area contributed by atoms with Crippen LogP contribution in [0.1, 0.15) is 11.1 Å². The molecule has 0 aliphatic heterocycles. The Hall–Kier alpha value is -1.52. The highest BCUT2D eigenvalue weighted by Gasteiger charge is 2.10. The van der Waals surface area contributed by atoms with Gasteiger partial charge in [-0.05, 0) is 30.8 Å². The second kappa shape index (κ2) is 7.31. The quantitative estimate of drug-likeness (QED) is 0.871. The second-order valence-corrected chi connectivity index (χ2v) is 5.31. The highest BCUT2D eigenvalue weighted by Crippen LogP contribution is 2.31. The van der Waals surface area contributed by atoms with Gasteiger partial charge >= 0.3 is 0 Å². The Morgan fingerprint density at radius 2 is 1.85 bits per heavy atom. The lowest BCUT2D eigenvalue weighted by Gasteiger charge is -2.15. The van der Waals surface area contributed by atoms with E-state index >= 15 is 0 Å². The van der Waals surface area contributed by atoms with Crippen LogP contribution in [0, 0.1) is 0 Å². The number of benzene rings is 2. The van der Waals surface area contributed by atoms with Gasteiger partial charge in [0.1, 0.15) is 6.61 Å². The zero-order valence-corrected chi connectivity index (χ0v) is 13.2. The van der Waals surface area contributed by atoms with Crippen LogP contribution >= 0.6 is 15.9 Å². The maximum absolute atomic E-state index is 5.96. The van der Waals surface area contributed by atoms with Gasteiger partial charge in [-0.3, -0.25) is 0 Å². The van der Waals surface area contributed by atoms with Crippen LogP contribution < -0.4 is 14.8 Å². The summed E-state index contributed by atoms with van der Waals surface area (Å²) < 4.78 is 12.4. The van der Waals surface area contributed by atoms with Crippen molar-refractivity contribution in [3.8, 4) is 11.5 Å². The lowest BCUT2D eigenvalue weighted by molar-refractivity contribution is 0.281. The lowest BCUT2D eigenvalue weighted by atomic mass is 10.2. The number of rotatable bonds is 6. The predicted octanol–water partition coefficient (Wildman–Crippen LogP) is 3.76. The molecule has 2 rings (SSSR count). The van der Waals surface area contributed by atoms with E-state index in [-0.39, 0.29) is 0 Å². The molecule has 0 spiro atoms. The van der Waals surface area contributed by atoms with E-state index in [1.165, 1.54) is 0 Å². The molecular weight excluding hydrogens is 318 g/mol. The van der Waals surface area contributed by atoms with Gasteiger partial charge in [-0.25, -0.2) is 0 Å². The standard InChI is InChI=1S/C16H18BrNO2/c1-18-10-13-4-3-5-15(19-2)16(13)20-11-12-6-8-14(17)9-7-12/h3-9,18H,10-11H2,1-2H3. The molecule has 0 atom stereocenters. The molecule has 1 N–H and O–H groups in total. The number of ether oxygens (including phenoxy) is 2. The van der Waals surface area contributed by atoms with E-state index in [0.717, 1.165) is 33.6 Å². The summed E-state index contributed by atoms with van der Waals surface area (Å²) in [7, 11) is 3.57. The molecule has 20 heavy (non-hydrogen) atoms. The van der Waals surface area contributed by atoms with Gasteiger partial charge in [-0.2, -0.15) is 0 Å². The molecule has 0 fully saturated rings. The Bertz CT molecular complexity index is 555. The molecule has 0 heterocycles. The second-order valence-electron chi connectivity index (χ2n) is 4.39. The van der Waals surface area contributed by atoms with E-state index in [1.54, 1.807) is 7.11 Å². The Labute approximate surface area is 128 Å².